The standard InChI is InChI=1S/C20H26N4O/c1-15-14-19(23-17-8-10-18(25-2)11-9-17)24-20(22-15)21-13-12-16-6-4-3-5-7-16/h6,8-11,14H,3-5,7,12-13H2,1-2H3,(H2,21,22,23,24). The van der Waals surface area contributed by atoms with E-state index in [2.05, 4.69) is 26.7 Å². The van der Waals surface area contributed by atoms with Crippen LogP contribution in [0.5, 0.6) is 5.75 Å². The summed E-state index contributed by atoms with van der Waals surface area (Å²) in [4.78, 5) is 9.05. The second-order valence-corrected chi connectivity index (χ2v) is 6.36. The molecule has 0 fully saturated rings. The minimum absolute atomic E-state index is 0.674. The van der Waals surface area contributed by atoms with Crippen LogP contribution in [0.15, 0.2) is 42.0 Å². The number of anilines is 3. The van der Waals surface area contributed by atoms with Gasteiger partial charge in [0.25, 0.3) is 0 Å². The predicted octanol–water partition coefficient (Wildman–Crippen LogP) is 4.84. The van der Waals surface area contributed by atoms with Crippen molar-refractivity contribution in [2.45, 2.75) is 39.0 Å². The molecule has 2 aromatic rings. The van der Waals surface area contributed by atoms with E-state index in [4.69, 9.17) is 4.74 Å². The van der Waals surface area contributed by atoms with E-state index in [9.17, 15) is 0 Å². The number of aromatic nitrogens is 2. The summed E-state index contributed by atoms with van der Waals surface area (Å²) in [5.41, 5.74) is 3.46. The zero-order chi connectivity index (χ0) is 17.5. The summed E-state index contributed by atoms with van der Waals surface area (Å²) in [5.74, 6) is 2.30. The smallest absolute Gasteiger partial charge is 0.224 e. The van der Waals surface area contributed by atoms with E-state index in [0.29, 0.717) is 5.95 Å². The Morgan fingerprint density at radius 2 is 1.96 bits per heavy atom. The minimum atomic E-state index is 0.674. The molecule has 0 saturated carbocycles. The van der Waals surface area contributed by atoms with Crippen molar-refractivity contribution in [2.75, 3.05) is 24.3 Å². The molecule has 0 atom stereocenters. The molecule has 0 amide bonds. The van der Waals surface area contributed by atoms with Gasteiger partial charge in [0.15, 0.2) is 0 Å². The third kappa shape index (κ3) is 5.21. The molecule has 132 valence electrons. The first-order valence-corrected chi connectivity index (χ1v) is 8.91. The van der Waals surface area contributed by atoms with Gasteiger partial charge in [0.05, 0.1) is 7.11 Å². The number of hydrogen-bond acceptors (Lipinski definition) is 5. The van der Waals surface area contributed by atoms with Crippen molar-refractivity contribution in [1.29, 1.82) is 0 Å². The van der Waals surface area contributed by atoms with Crippen LogP contribution in [0, 0.1) is 6.92 Å². The van der Waals surface area contributed by atoms with Gasteiger partial charge in [-0.1, -0.05) is 11.6 Å². The second kappa shape index (κ2) is 8.51. The average molecular weight is 338 g/mol. The van der Waals surface area contributed by atoms with Gasteiger partial charge in [-0.2, -0.15) is 4.98 Å². The molecule has 0 saturated heterocycles. The first kappa shape index (κ1) is 17.3. The predicted molar refractivity (Wildman–Crippen MR) is 103 cm³/mol. The highest BCUT2D eigenvalue weighted by Crippen LogP contribution is 2.21. The van der Waals surface area contributed by atoms with Crippen LogP contribution in [0.3, 0.4) is 0 Å². The monoisotopic (exact) mass is 338 g/mol. The molecule has 0 spiro atoms. The molecule has 25 heavy (non-hydrogen) atoms. The number of methoxy groups -OCH3 is 1. The summed E-state index contributed by atoms with van der Waals surface area (Å²) >= 11 is 0. The van der Waals surface area contributed by atoms with Crippen molar-refractivity contribution in [3.63, 3.8) is 0 Å². The Morgan fingerprint density at radius 1 is 1.12 bits per heavy atom. The highest BCUT2D eigenvalue weighted by molar-refractivity contribution is 5.58. The summed E-state index contributed by atoms with van der Waals surface area (Å²) in [6, 6.07) is 9.73. The Labute approximate surface area is 149 Å². The molecule has 3 rings (SSSR count). The zero-order valence-electron chi connectivity index (χ0n) is 15.0. The molecule has 1 aliphatic carbocycles. The lowest BCUT2D eigenvalue weighted by Crippen LogP contribution is -2.09. The molecule has 5 nitrogen and oxygen atoms in total. The SMILES string of the molecule is COc1ccc(Nc2cc(C)nc(NCCC3=CCCCC3)n2)cc1. The molecule has 1 aliphatic rings. The normalized spacial score (nSPS) is 13.9. The van der Waals surface area contributed by atoms with Gasteiger partial charge in [0.2, 0.25) is 5.95 Å². The molecule has 1 aromatic carbocycles. The van der Waals surface area contributed by atoms with Crippen LogP contribution in [0.2, 0.25) is 0 Å². The molecule has 1 aromatic heterocycles. The Balaban J connectivity index is 1.60. The van der Waals surface area contributed by atoms with E-state index >= 15 is 0 Å². The first-order valence-electron chi connectivity index (χ1n) is 8.91. The van der Waals surface area contributed by atoms with E-state index in [-0.39, 0.29) is 0 Å². The third-order valence-corrected chi connectivity index (χ3v) is 4.33. The molecular formula is C20H26N4O. The van der Waals surface area contributed by atoms with Gasteiger partial charge in [0, 0.05) is 24.0 Å². The topological polar surface area (TPSA) is 59.1 Å². The van der Waals surface area contributed by atoms with E-state index < -0.39 is 0 Å². The Hall–Kier alpha value is -2.56. The van der Waals surface area contributed by atoms with Crippen LogP contribution in [-0.2, 0) is 0 Å². The summed E-state index contributed by atoms with van der Waals surface area (Å²) in [6.45, 7) is 2.85. The lowest BCUT2D eigenvalue weighted by atomic mass is 9.97. The number of hydrogen-bond donors (Lipinski definition) is 2. The van der Waals surface area contributed by atoms with Crippen LogP contribution in [0.25, 0.3) is 0 Å². The summed E-state index contributed by atoms with van der Waals surface area (Å²) < 4.78 is 5.18. The number of allylic oxidation sites excluding steroid dienone is 1. The van der Waals surface area contributed by atoms with Crippen LogP contribution in [-0.4, -0.2) is 23.6 Å². The van der Waals surface area contributed by atoms with E-state index in [1.54, 1.807) is 12.7 Å². The van der Waals surface area contributed by atoms with Crippen molar-refractivity contribution < 1.29 is 4.74 Å². The number of benzene rings is 1. The van der Waals surface area contributed by atoms with Crippen LogP contribution < -0.4 is 15.4 Å². The largest absolute Gasteiger partial charge is 0.497 e. The Kier molecular flexibility index (Phi) is 5.88. The van der Waals surface area contributed by atoms with Gasteiger partial charge in [-0.05, 0) is 63.3 Å². The highest BCUT2D eigenvalue weighted by Gasteiger charge is 2.06. The lowest BCUT2D eigenvalue weighted by molar-refractivity contribution is 0.415. The molecule has 2 N–H and O–H groups in total. The van der Waals surface area contributed by atoms with Crippen molar-refractivity contribution in [3.8, 4) is 5.75 Å². The van der Waals surface area contributed by atoms with Crippen molar-refractivity contribution in [2.24, 2.45) is 0 Å². The number of nitrogens with one attached hydrogen (secondary N) is 2. The van der Waals surface area contributed by atoms with Gasteiger partial charge >= 0.3 is 0 Å². The Bertz CT molecular complexity index is 725. The fraction of sp³-hybridized carbons (Fsp3) is 0.400. The summed E-state index contributed by atoms with van der Waals surface area (Å²) in [7, 11) is 1.66. The summed E-state index contributed by atoms with van der Waals surface area (Å²) in [6.07, 6.45) is 8.57. The van der Waals surface area contributed by atoms with Gasteiger partial charge in [-0.15, -0.1) is 0 Å². The van der Waals surface area contributed by atoms with Gasteiger partial charge in [0.1, 0.15) is 11.6 Å². The van der Waals surface area contributed by atoms with Crippen LogP contribution in [0.4, 0.5) is 17.5 Å². The van der Waals surface area contributed by atoms with E-state index in [0.717, 1.165) is 35.9 Å². The quantitative estimate of drug-likeness (QED) is 0.707. The third-order valence-electron chi connectivity index (χ3n) is 4.33. The number of nitrogens with zero attached hydrogens (tertiary/aromatic N) is 2. The Morgan fingerprint density at radius 3 is 2.68 bits per heavy atom. The van der Waals surface area contributed by atoms with Gasteiger partial charge in [-0.3, -0.25) is 0 Å². The maximum Gasteiger partial charge on any atom is 0.224 e. The minimum Gasteiger partial charge on any atom is -0.497 e. The zero-order valence-corrected chi connectivity index (χ0v) is 15.0. The molecule has 0 unspecified atom stereocenters. The summed E-state index contributed by atoms with van der Waals surface area (Å²) in [5, 5.41) is 6.67. The number of aryl methyl sites for hydroxylation is 1. The average Bonchev–Trinajstić information content (AvgIpc) is 2.63. The number of ether oxygens (including phenoxy) is 1. The number of rotatable bonds is 7. The molecular weight excluding hydrogens is 312 g/mol. The molecule has 0 aliphatic heterocycles. The van der Waals surface area contributed by atoms with Crippen LogP contribution >= 0.6 is 0 Å². The highest BCUT2D eigenvalue weighted by atomic mass is 16.5. The van der Waals surface area contributed by atoms with Gasteiger partial charge in [-0.25, -0.2) is 4.98 Å². The lowest BCUT2D eigenvalue weighted by Gasteiger charge is -2.13. The van der Waals surface area contributed by atoms with Gasteiger partial charge < -0.3 is 15.4 Å². The van der Waals surface area contributed by atoms with Crippen molar-refractivity contribution in [1.82, 2.24) is 9.97 Å². The molecule has 1 heterocycles. The molecule has 0 radical (unpaired) electrons. The van der Waals surface area contributed by atoms with Crippen LogP contribution in [0.1, 0.15) is 37.8 Å². The van der Waals surface area contributed by atoms with Crippen molar-refractivity contribution in [3.05, 3.63) is 47.7 Å². The maximum atomic E-state index is 5.18. The molecule has 5 heteroatoms. The van der Waals surface area contributed by atoms with E-state index in [1.807, 2.05) is 37.3 Å². The second-order valence-electron chi connectivity index (χ2n) is 6.36. The maximum absolute atomic E-state index is 5.18. The van der Waals surface area contributed by atoms with E-state index in [1.165, 1.54) is 25.7 Å². The first-order chi connectivity index (χ1) is 12.2. The fourth-order valence-electron chi connectivity index (χ4n) is 3.00. The fourth-order valence-corrected chi connectivity index (χ4v) is 3.00. The molecule has 0 bridgehead atoms. The van der Waals surface area contributed by atoms with Crippen molar-refractivity contribution >= 4 is 17.5 Å².